The molecule has 0 aliphatic carbocycles. The molecule has 1 heterocycles. The minimum absolute atomic E-state index is 0.0550. The summed E-state index contributed by atoms with van der Waals surface area (Å²) in [5.41, 5.74) is 0.288. The SMILES string of the molecule is CC(CO)C(C)NC(=O)Nc1ccc2c(c1)OC(F)(F)O2. The lowest BCUT2D eigenvalue weighted by Gasteiger charge is -2.19. The first kappa shape index (κ1) is 15.3. The lowest BCUT2D eigenvalue weighted by molar-refractivity contribution is -0.286. The second kappa shape index (κ2) is 5.72. The van der Waals surface area contributed by atoms with Crippen molar-refractivity contribution in [3.05, 3.63) is 18.2 Å². The van der Waals surface area contributed by atoms with Gasteiger partial charge in [-0.15, -0.1) is 8.78 Å². The van der Waals surface area contributed by atoms with Crippen LogP contribution in [0.5, 0.6) is 11.5 Å². The Labute approximate surface area is 120 Å². The largest absolute Gasteiger partial charge is 0.586 e. The molecule has 0 fully saturated rings. The van der Waals surface area contributed by atoms with Crippen molar-refractivity contribution in [2.45, 2.75) is 26.2 Å². The monoisotopic (exact) mass is 302 g/mol. The fourth-order valence-corrected chi connectivity index (χ4v) is 1.70. The van der Waals surface area contributed by atoms with Gasteiger partial charge in [0.25, 0.3) is 0 Å². The van der Waals surface area contributed by atoms with E-state index >= 15 is 0 Å². The van der Waals surface area contributed by atoms with Gasteiger partial charge in [0, 0.05) is 24.4 Å². The number of halogens is 2. The maximum absolute atomic E-state index is 12.9. The summed E-state index contributed by atoms with van der Waals surface area (Å²) >= 11 is 0. The Kier molecular flexibility index (Phi) is 4.17. The highest BCUT2D eigenvalue weighted by molar-refractivity contribution is 5.89. The van der Waals surface area contributed by atoms with E-state index in [0.717, 1.165) is 0 Å². The van der Waals surface area contributed by atoms with Crippen LogP contribution in [0.15, 0.2) is 18.2 Å². The van der Waals surface area contributed by atoms with Gasteiger partial charge in [-0.1, -0.05) is 6.92 Å². The van der Waals surface area contributed by atoms with E-state index in [1.807, 2.05) is 0 Å². The first-order chi connectivity index (χ1) is 9.80. The van der Waals surface area contributed by atoms with Crippen molar-refractivity contribution in [2.24, 2.45) is 5.92 Å². The average Bonchev–Trinajstić information content (AvgIpc) is 2.70. The molecule has 0 saturated carbocycles. The third-order valence-corrected chi connectivity index (χ3v) is 3.16. The second-order valence-corrected chi connectivity index (χ2v) is 4.88. The molecule has 1 aromatic rings. The van der Waals surface area contributed by atoms with E-state index in [2.05, 4.69) is 20.1 Å². The quantitative estimate of drug-likeness (QED) is 0.796. The fraction of sp³-hybridized carbons (Fsp3) is 0.462. The van der Waals surface area contributed by atoms with E-state index in [1.54, 1.807) is 13.8 Å². The average molecular weight is 302 g/mol. The van der Waals surface area contributed by atoms with Crippen molar-refractivity contribution < 1.29 is 28.2 Å². The Morgan fingerprint density at radius 1 is 1.33 bits per heavy atom. The molecule has 0 aromatic heterocycles. The molecule has 6 nitrogen and oxygen atoms in total. The maximum Gasteiger partial charge on any atom is 0.586 e. The molecule has 0 radical (unpaired) electrons. The van der Waals surface area contributed by atoms with Gasteiger partial charge in [-0.05, 0) is 25.0 Å². The molecule has 2 rings (SSSR count). The highest BCUT2D eigenvalue weighted by Crippen LogP contribution is 2.42. The van der Waals surface area contributed by atoms with Crippen LogP contribution in [-0.4, -0.2) is 30.1 Å². The first-order valence-corrected chi connectivity index (χ1v) is 6.39. The number of carbonyl (C=O) groups is 1. The van der Waals surface area contributed by atoms with Crippen molar-refractivity contribution >= 4 is 11.7 Å². The summed E-state index contributed by atoms with van der Waals surface area (Å²) in [6.07, 6.45) is -3.69. The van der Waals surface area contributed by atoms with Crippen LogP contribution in [0.25, 0.3) is 0 Å². The molecule has 0 bridgehead atoms. The molecule has 2 amide bonds. The number of anilines is 1. The number of aliphatic hydroxyl groups is 1. The predicted octanol–water partition coefficient (Wildman–Crippen LogP) is 2.15. The molecule has 21 heavy (non-hydrogen) atoms. The van der Waals surface area contributed by atoms with Gasteiger partial charge in [0.1, 0.15) is 0 Å². The third-order valence-electron chi connectivity index (χ3n) is 3.16. The normalized spacial score (nSPS) is 18.0. The molecule has 2 unspecified atom stereocenters. The van der Waals surface area contributed by atoms with Gasteiger partial charge >= 0.3 is 12.3 Å². The van der Waals surface area contributed by atoms with Crippen LogP contribution in [0.1, 0.15) is 13.8 Å². The molecular weight excluding hydrogens is 286 g/mol. The maximum atomic E-state index is 12.9. The number of ether oxygens (including phenoxy) is 2. The van der Waals surface area contributed by atoms with Crippen molar-refractivity contribution in [2.75, 3.05) is 11.9 Å². The van der Waals surface area contributed by atoms with Crippen LogP contribution < -0.4 is 20.1 Å². The molecular formula is C13H16F2N2O4. The van der Waals surface area contributed by atoms with Crippen LogP contribution in [0.2, 0.25) is 0 Å². The summed E-state index contributed by atoms with van der Waals surface area (Å²) in [6, 6.07) is 3.20. The lowest BCUT2D eigenvalue weighted by atomic mass is 10.1. The second-order valence-electron chi connectivity index (χ2n) is 4.88. The number of amides is 2. The summed E-state index contributed by atoms with van der Waals surface area (Å²) in [5.74, 6) is -0.339. The Morgan fingerprint density at radius 2 is 2.00 bits per heavy atom. The van der Waals surface area contributed by atoms with Crippen molar-refractivity contribution in [3.63, 3.8) is 0 Å². The number of urea groups is 1. The van der Waals surface area contributed by atoms with E-state index < -0.39 is 12.3 Å². The summed E-state index contributed by atoms with van der Waals surface area (Å²) in [5, 5.41) is 14.1. The highest BCUT2D eigenvalue weighted by Gasteiger charge is 2.43. The van der Waals surface area contributed by atoms with Crippen LogP contribution in [-0.2, 0) is 0 Å². The first-order valence-electron chi connectivity index (χ1n) is 6.39. The van der Waals surface area contributed by atoms with Crippen LogP contribution >= 0.6 is 0 Å². The Morgan fingerprint density at radius 3 is 2.67 bits per heavy atom. The van der Waals surface area contributed by atoms with E-state index in [9.17, 15) is 13.6 Å². The van der Waals surface area contributed by atoms with E-state index in [0.29, 0.717) is 0 Å². The zero-order valence-electron chi connectivity index (χ0n) is 11.5. The standard InChI is InChI=1S/C13H16F2N2O4/c1-7(6-18)8(2)16-12(19)17-9-3-4-10-11(5-9)21-13(14,15)20-10/h3-5,7-8,18H,6H2,1-2H3,(H2,16,17,19). The number of rotatable bonds is 4. The number of benzene rings is 1. The van der Waals surface area contributed by atoms with Gasteiger partial charge < -0.3 is 25.2 Å². The summed E-state index contributed by atoms with van der Waals surface area (Å²) in [7, 11) is 0. The molecule has 0 saturated heterocycles. The number of hydrogen-bond donors (Lipinski definition) is 3. The van der Waals surface area contributed by atoms with Gasteiger partial charge in [-0.2, -0.15) is 0 Å². The number of fused-ring (bicyclic) bond motifs is 1. The highest BCUT2D eigenvalue weighted by atomic mass is 19.3. The third kappa shape index (κ3) is 3.72. The molecule has 1 aliphatic rings. The molecule has 8 heteroatoms. The molecule has 116 valence electrons. The van der Waals surface area contributed by atoms with Crippen LogP contribution in [0, 0.1) is 5.92 Å². The number of nitrogens with one attached hydrogen (secondary N) is 2. The Bertz CT molecular complexity index is 539. The summed E-state index contributed by atoms with van der Waals surface area (Å²) in [4.78, 5) is 11.7. The molecule has 3 N–H and O–H groups in total. The number of carbonyl (C=O) groups excluding carboxylic acids is 1. The molecule has 0 spiro atoms. The van der Waals surface area contributed by atoms with Gasteiger partial charge in [-0.25, -0.2) is 4.79 Å². The summed E-state index contributed by atoms with van der Waals surface area (Å²) in [6.45, 7) is 3.48. The van der Waals surface area contributed by atoms with Crippen LogP contribution in [0.3, 0.4) is 0 Å². The summed E-state index contributed by atoms with van der Waals surface area (Å²) < 4.78 is 34.3. The minimum Gasteiger partial charge on any atom is -0.396 e. The Balaban J connectivity index is 1.97. The van der Waals surface area contributed by atoms with Crippen LogP contribution in [0.4, 0.5) is 19.3 Å². The molecule has 1 aliphatic heterocycles. The minimum atomic E-state index is -3.69. The zero-order valence-corrected chi connectivity index (χ0v) is 11.5. The predicted molar refractivity (Wildman–Crippen MR) is 70.5 cm³/mol. The zero-order chi connectivity index (χ0) is 15.6. The number of aliphatic hydroxyl groups excluding tert-OH is 1. The molecule has 2 atom stereocenters. The van der Waals surface area contributed by atoms with Crippen molar-refractivity contribution in [3.8, 4) is 11.5 Å². The Hall–Kier alpha value is -2.09. The van der Waals surface area contributed by atoms with Gasteiger partial charge in [0.05, 0.1) is 0 Å². The van der Waals surface area contributed by atoms with E-state index in [4.69, 9.17) is 5.11 Å². The smallest absolute Gasteiger partial charge is 0.396 e. The van der Waals surface area contributed by atoms with Crippen molar-refractivity contribution in [1.82, 2.24) is 5.32 Å². The van der Waals surface area contributed by atoms with Gasteiger partial charge in [0.2, 0.25) is 0 Å². The fourth-order valence-electron chi connectivity index (χ4n) is 1.70. The lowest BCUT2D eigenvalue weighted by Crippen LogP contribution is -2.40. The number of hydrogen-bond acceptors (Lipinski definition) is 4. The number of alkyl halides is 2. The van der Waals surface area contributed by atoms with E-state index in [-0.39, 0.29) is 35.8 Å². The van der Waals surface area contributed by atoms with Gasteiger partial charge in [-0.3, -0.25) is 0 Å². The van der Waals surface area contributed by atoms with Gasteiger partial charge in [0.15, 0.2) is 11.5 Å². The topological polar surface area (TPSA) is 79.8 Å². The molecule has 1 aromatic carbocycles. The van der Waals surface area contributed by atoms with E-state index in [1.165, 1.54) is 18.2 Å². The van der Waals surface area contributed by atoms with Crippen molar-refractivity contribution in [1.29, 1.82) is 0 Å².